The number of fused-ring (bicyclic) bond motifs is 2. The lowest BCUT2D eigenvalue weighted by Crippen LogP contribution is -2.30. The molecule has 0 aliphatic heterocycles. The molecule has 0 saturated carbocycles. The van der Waals surface area contributed by atoms with E-state index in [9.17, 15) is 14.7 Å². The first kappa shape index (κ1) is 16.2. The Morgan fingerprint density at radius 1 is 1.19 bits per heavy atom. The van der Waals surface area contributed by atoms with E-state index >= 15 is 0 Å². The van der Waals surface area contributed by atoms with E-state index in [1.54, 1.807) is 13.0 Å². The minimum Gasteiger partial charge on any atom is -0.508 e. The number of anilines is 1. The lowest BCUT2D eigenvalue weighted by molar-refractivity contribution is -0.116. The van der Waals surface area contributed by atoms with Gasteiger partial charge < -0.3 is 10.4 Å². The number of phenols is 1. The minimum absolute atomic E-state index is 0.0225. The summed E-state index contributed by atoms with van der Waals surface area (Å²) in [5.41, 5.74) is 0.917. The average Bonchev–Trinajstić information content (AvgIpc) is 3.01. The fraction of sp³-hybridized carbons (Fsp3) is 0.111. The molecule has 0 aliphatic carbocycles. The first-order valence-corrected chi connectivity index (χ1v) is 8.68. The van der Waals surface area contributed by atoms with Gasteiger partial charge in [-0.2, -0.15) is 0 Å². The van der Waals surface area contributed by atoms with Gasteiger partial charge in [-0.1, -0.05) is 23.5 Å². The maximum absolute atomic E-state index is 12.6. The molecule has 0 saturated heterocycles. The van der Waals surface area contributed by atoms with Gasteiger partial charge in [-0.05, 0) is 37.3 Å². The highest BCUT2D eigenvalue weighted by atomic mass is 32.1. The Morgan fingerprint density at radius 3 is 2.81 bits per heavy atom. The highest BCUT2D eigenvalue weighted by Gasteiger charge is 2.13. The van der Waals surface area contributed by atoms with Crippen molar-refractivity contribution in [1.29, 1.82) is 0 Å². The molecule has 8 heteroatoms. The molecule has 4 rings (SSSR count). The monoisotopic (exact) mass is 366 g/mol. The zero-order chi connectivity index (χ0) is 18.3. The summed E-state index contributed by atoms with van der Waals surface area (Å²) in [5.74, 6) is 0.0360. The van der Waals surface area contributed by atoms with E-state index in [0.29, 0.717) is 16.5 Å². The van der Waals surface area contributed by atoms with E-state index in [1.807, 2.05) is 24.3 Å². The number of aryl methyl sites for hydroxylation is 1. The van der Waals surface area contributed by atoms with Crippen molar-refractivity contribution >= 4 is 43.5 Å². The van der Waals surface area contributed by atoms with Crippen LogP contribution in [0.5, 0.6) is 5.75 Å². The summed E-state index contributed by atoms with van der Waals surface area (Å²) < 4.78 is 2.25. The molecular formula is C18H14N4O3S. The third-order valence-corrected chi connectivity index (χ3v) is 4.92. The Labute approximate surface area is 151 Å². The number of rotatable bonds is 3. The molecular weight excluding hydrogens is 352 g/mol. The smallest absolute Gasteiger partial charge is 0.261 e. The van der Waals surface area contributed by atoms with Gasteiger partial charge in [-0.15, -0.1) is 0 Å². The summed E-state index contributed by atoms with van der Waals surface area (Å²) in [7, 11) is 0. The van der Waals surface area contributed by atoms with Gasteiger partial charge in [0.1, 0.15) is 18.1 Å². The molecule has 2 heterocycles. The number of aromatic hydroxyl groups is 1. The largest absolute Gasteiger partial charge is 0.508 e. The van der Waals surface area contributed by atoms with E-state index in [1.165, 1.54) is 28.0 Å². The van der Waals surface area contributed by atoms with Gasteiger partial charge in [0.15, 0.2) is 5.13 Å². The van der Waals surface area contributed by atoms with E-state index in [2.05, 4.69) is 15.3 Å². The molecule has 2 aromatic heterocycles. The van der Waals surface area contributed by atoms with E-state index in [4.69, 9.17) is 0 Å². The van der Waals surface area contributed by atoms with Crippen molar-refractivity contribution in [1.82, 2.24) is 14.5 Å². The van der Waals surface area contributed by atoms with Crippen LogP contribution in [0.25, 0.3) is 21.1 Å². The second-order valence-electron chi connectivity index (χ2n) is 5.79. The number of hydrogen-bond donors (Lipinski definition) is 2. The van der Waals surface area contributed by atoms with Gasteiger partial charge in [-0.25, -0.2) is 9.97 Å². The van der Waals surface area contributed by atoms with Crippen molar-refractivity contribution < 1.29 is 9.90 Å². The van der Waals surface area contributed by atoms with Crippen molar-refractivity contribution in [3.63, 3.8) is 0 Å². The van der Waals surface area contributed by atoms with Gasteiger partial charge >= 0.3 is 0 Å². The highest BCUT2D eigenvalue weighted by Crippen LogP contribution is 2.25. The Bertz CT molecular complexity index is 1180. The average molecular weight is 366 g/mol. The van der Waals surface area contributed by atoms with Crippen molar-refractivity contribution in [2.45, 2.75) is 13.5 Å². The van der Waals surface area contributed by atoms with Crippen molar-refractivity contribution in [3.8, 4) is 5.75 Å². The molecule has 1 amide bonds. The molecule has 2 aromatic carbocycles. The molecule has 0 aliphatic rings. The number of benzene rings is 2. The first-order chi connectivity index (χ1) is 12.5. The van der Waals surface area contributed by atoms with Crippen LogP contribution in [-0.4, -0.2) is 25.5 Å². The fourth-order valence-electron chi connectivity index (χ4n) is 2.73. The third-order valence-electron chi connectivity index (χ3n) is 3.97. The first-order valence-electron chi connectivity index (χ1n) is 7.87. The number of amides is 1. The van der Waals surface area contributed by atoms with Gasteiger partial charge in [0.05, 0.1) is 21.1 Å². The number of nitrogens with one attached hydrogen (secondary N) is 1. The maximum atomic E-state index is 12.6. The number of carbonyl (C=O) groups excluding carboxylic acids is 1. The number of phenolic OH excluding ortho intramolecular Hbond substituents is 1. The molecule has 0 unspecified atom stereocenters. The van der Waals surface area contributed by atoms with Crippen LogP contribution < -0.4 is 10.9 Å². The zero-order valence-corrected chi connectivity index (χ0v) is 14.6. The van der Waals surface area contributed by atoms with Crippen LogP contribution >= 0.6 is 11.3 Å². The number of thiazole rings is 1. The molecule has 2 N–H and O–H groups in total. The van der Waals surface area contributed by atoms with Gasteiger partial charge in [0, 0.05) is 0 Å². The topological polar surface area (TPSA) is 97.1 Å². The molecule has 0 fully saturated rings. The van der Waals surface area contributed by atoms with Gasteiger partial charge in [-0.3, -0.25) is 14.2 Å². The quantitative estimate of drug-likeness (QED) is 0.581. The summed E-state index contributed by atoms with van der Waals surface area (Å²) >= 11 is 1.37. The molecule has 0 radical (unpaired) electrons. The summed E-state index contributed by atoms with van der Waals surface area (Å²) in [4.78, 5) is 33.7. The van der Waals surface area contributed by atoms with Crippen molar-refractivity contribution in [2.75, 3.05) is 5.32 Å². The SMILES string of the molecule is Cc1nc2ccc(O)cc2c(=O)n1CC(=O)Nc1nc2ccccc2s1. The standard InChI is InChI=1S/C18H14N4O3S/c1-10-19-13-7-6-11(23)8-12(13)17(25)22(10)9-16(24)21-18-20-14-4-2-3-5-15(14)26-18/h2-8,23H,9H2,1H3,(H,20,21,24). The second-order valence-corrected chi connectivity index (χ2v) is 6.82. The molecule has 0 bridgehead atoms. The predicted molar refractivity (Wildman–Crippen MR) is 101 cm³/mol. The van der Waals surface area contributed by atoms with Crippen molar-refractivity contribution in [2.24, 2.45) is 0 Å². The van der Waals surface area contributed by atoms with Crippen molar-refractivity contribution in [3.05, 3.63) is 58.6 Å². The molecule has 130 valence electrons. The van der Waals surface area contributed by atoms with Gasteiger partial charge in [0.25, 0.3) is 5.56 Å². The van der Waals surface area contributed by atoms with Crippen LogP contribution in [0.1, 0.15) is 5.82 Å². The number of carbonyl (C=O) groups is 1. The number of para-hydroxylation sites is 1. The molecule has 0 atom stereocenters. The number of hydrogen-bond acceptors (Lipinski definition) is 6. The lowest BCUT2D eigenvalue weighted by Gasteiger charge is -2.10. The van der Waals surface area contributed by atoms with Crippen LogP contribution in [0.4, 0.5) is 5.13 Å². The van der Waals surface area contributed by atoms with Crippen LogP contribution in [0.15, 0.2) is 47.3 Å². The normalized spacial score (nSPS) is 11.1. The van der Waals surface area contributed by atoms with E-state index in [0.717, 1.165) is 10.2 Å². The summed E-state index contributed by atoms with van der Waals surface area (Å²) in [6, 6.07) is 12.0. The van der Waals surface area contributed by atoms with Crippen LogP contribution in [0.3, 0.4) is 0 Å². The molecule has 26 heavy (non-hydrogen) atoms. The van der Waals surface area contributed by atoms with E-state index < -0.39 is 0 Å². The summed E-state index contributed by atoms with van der Waals surface area (Å²) in [6.45, 7) is 1.48. The summed E-state index contributed by atoms with van der Waals surface area (Å²) in [5, 5.41) is 13.1. The lowest BCUT2D eigenvalue weighted by atomic mass is 10.2. The third kappa shape index (κ3) is 2.91. The molecule has 0 spiro atoms. The van der Waals surface area contributed by atoms with Gasteiger partial charge in [0.2, 0.25) is 5.91 Å². The van der Waals surface area contributed by atoms with E-state index in [-0.39, 0.29) is 29.1 Å². The fourth-order valence-corrected chi connectivity index (χ4v) is 3.62. The second kappa shape index (κ2) is 6.23. The van der Waals surface area contributed by atoms with Crippen LogP contribution in [0.2, 0.25) is 0 Å². The Morgan fingerprint density at radius 2 is 2.00 bits per heavy atom. The molecule has 7 nitrogen and oxygen atoms in total. The molecule has 4 aromatic rings. The van der Waals surface area contributed by atoms with Crippen LogP contribution in [0, 0.1) is 6.92 Å². The van der Waals surface area contributed by atoms with Crippen LogP contribution in [-0.2, 0) is 11.3 Å². The zero-order valence-electron chi connectivity index (χ0n) is 13.8. The number of aromatic nitrogens is 3. The Kier molecular flexibility index (Phi) is 3.89. The minimum atomic E-state index is -0.372. The maximum Gasteiger partial charge on any atom is 0.261 e. The predicted octanol–water partition coefficient (Wildman–Crippen LogP) is 2.66. The number of nitrogens with zero attached hydrogens (tertiary/aromatic N) is 3. The summed E-state index contributed by atoms with van der Waals surface area (Å²) in [6.07, 6.45) is 0. The highest BCUT2D eigenvalue weighted by molar-refractivity contribution is 7.22. The Hall–Kier alpha value is -3.26. The Balaban J connectivity index is 1.63.